The maximum absolute atomic E-state index is 5.55. The van der Waals surface area contributed by atoms with Crippen molar-refractivity contribution in [3.05, 3.63) is 29.8 Å². The number of hydrogen-bond acceptors (Lipinski definition) is 1. The van der Waals surface area contributed by atoms with Gasteiger partial charge < -0.3 is 5.73 Å². The molecule has 68 valence electrons. The molecule has 0 aliphatic rings. The first kappa shape index (κ1) is 9.67. The van der Waals surface area contributed by atoms with Crippen LogP contribution in [-0.2, 0) is 0 Å². The van der Waals surface area contributed by atoms with Crippen molar-refractivity contribution >= 4 is 5.69 Å². The van der Waals surface area contributed by atoms with E-state index in [1.54, 1.807) is 0 Å². The molecule has 0 amide bonds. The molecule has 0 saturated carbocycles. The second kappa shape index (κ2) is 5.27. The molecule has 1 aromatic rings. The molecule has 0 radical (unpaired) electrons. The number of anilines is 1. The molecule has 13 heavy (non-hydrogen) atoms. The molecule has 0 unspecified atom stereocenters. The number of nitrogen functional groups attached to an aromatic ring is 1. The lowest BCUT2D eigenvalue weighted by atomic mass is 10.2. The van der Waals surface area contributed by atoms with E-state index in [0.29, 0.717) is 0 Å². The fourth-order valence-electron chi connectivity index (χ4n) is 0.996. The standard InChI is InChI=1S/C12H15N/c1-2-3-4-5-6-11-7-9-12(13)10-8-11/h7-10H,2-4,13H2,1H3. The molecular weight excluding hydrogens is 158 g/mol. The van der Waals surface area contributed by atoms with Gasteiger partial charge in [0.2, 0.25) is 0 Å². The summed E-state index contributed by atoms with van der Waals surface area (Å²) in [5.41, 5.74) is 7.39. The van der Waals surface area contributed by atoms with E-state index in [9.17, 15) is 0 Å². The Morgan fingerprint density at radius 3 is 2.54 bits per heavy atom. The van der Waals surface area contributed by atoms with E-state index in [4.69, 9.17) is 5.73 Å². The molecule has 1 rings (SSSR count). The van der Waals surface area contributed by atoms with Crippen LogP contribution in [-0.4, -0.2) is 0 Å². The van der Waals surface area contributed by atoms with Crippen LogP contribution in [0.3, 0.4) is 0 Å². The highest BCUT2D eigenvalue weighted by Crippen LogP contribution is 2.03. The van der Waals surface area contributed by atoms with Crippen LogP contribution in [0.5, 0.6) is 0 Å². The predicted molar refractivity (Wildman–Crippen MR) is 57.3 cm³/mol. The molecule has 0 aliphatic heterocycles. The molecule has 1 aromatic carbocycles. The molecule has 0 saturated heterocycles. The van der Waals surface area contributed by atoms with E-state index in [1.165, 1.54) is 12.8 Å². The number of hydrogen-bond donors (Lipinski definition) is 1. The maximum atomic E-state index is 5.55. The largest absolute Gasteiger partial charge is 0.399 e. The lowest BCUT2D eigenvalue weighted by molar-refractivity contribution is 0.828. The summed E-state index contributed by atoms with van der Waals surface area (Å²) in [6.45, 7) is 2.17. The molecule has 0 aromatic heterocycles. The highest BCUT2D eigenvalue weighted by atomic mass is 14.5. The van der Waals surface area contributed by atoms with Gasteiger partial charge in [-0.15, -0.1) is 0 Å². The van der Waals surface area contributed by atoms with Crippen molar-refractivity contribution in [1.82, 2.24) is 0 Å². The highest BCUT2D eigenvalue weighted by Gasteiger charge is 1.85. The summed E-state index contributed by atoms with van der Waals surface area (Å²) in [5.74, 6) is 6.23. The highest BCUT2D eigenvalue weighted by molar-refractivity contribution is 5.44. The third-order valence-electron chi connectivity index (χ3n) is 1.80. The number of unbranched alkanes of at least 4 members (excludes halogenated alkanes) is 2. The second-order valence-electron chi connectivity index (χ2n) is 3.03. The van der Waals surface area contributed by atoms with Gasteiger partial charge in [-0.3, -0.25) is 0 Å². The zero-order valence-corrected chi connectivity index (χ0v) is 8.01. The minimum Gasteiger partial charge on any atom is -0.399 e. The molecule has 1 nitrogen and oxygen atoms in total. The van der Waals surface area contributed by atoms with Crippen molar-refractivity contribution in [3.8, 4) is 11.8 Å². The Bertz CT molecular complexity index is 300. The van der Waals surface area contributed by atoms with Crippen molar-refractivity contribution in [1.29, 1.82) is 0 Å². The van der Waals surface area contributed by atoms with Crippen LogP contribution in [0.2, 0.25) is 0 Å². The van der Waals surface area contributed by atoms with Gasteiger partial charge in [0.05, 0.1) is 0 Å². The average Bonchev–Trinajstić information content (AvgIpc) is 2.15. The van der Waals surface area contributed by atoms with Gasteiger partial charge in [0.25, 0.3) is 0 Å². The fourth-order valence-corrected chi connectivity index (χ4v) is 0.996. The van der Waals surface area contributed by atoms with Crippen LogP contribution >= 0.6 is 0 Å². The van der Waals surface area contributed by atoms with Crippen LogP contribution in [0, 0.1) is 11.8 Å². The molecule has 0 bridgehead atoms. The summed E-state index contributed by atoms with van der Waals surface area (Å²) in [6, 6.07) is 7.66. The normalized spacial score (nSPS) is 9.00. The first-order valence-electron chi connectivity index (χ1n) is 4.67. The Morgan fingerprint density at radius 1 is 1.23 bits per heavy atom. The van der Waals surface area contributed by atoms with Crippen LogP contribution in [0.25, 0.3) is 0 Å². The zero-order valence-electron chi connectivity index (χ0n) is 8.01. The van der Waals surface area contributed by atoms with Crippen molar-refractivity contribution in [3.63, 3.8) is 0 Å². The maximum Gasteiger partial charge on any atom is 0.0314 e. The Kier molecular flexibility index (Phi) is 3.92. The summed E-state index contributed by atoms with van der Waals surface area (Å²) >= 11 is 0. The average molecular weight is 173 g/mol. The zero-order chi connectivity index (χ0) is 9.52. The van der Waals surface area contributed by atoms with Crippen molar-refractivity contribution in [2.24, 2.45) is 0 Å². The van der Waals surface area contributed by atoms with E-state index < -0.39 is 0 Å². The lowest BCUT2D eigenvalue weighted by Crippen LogP contribution is -1.83. The van der Waals surface area contributed by atoms with Gasteiger partial charge in [0, 0.05) is 17.7 Å². The molecule has 0 fully saturated rings. The van der Waals surface area contributed by atoms with E-state index >= 15 is 0 Å². The summed E-state index contributed by atoms with van der Waals surface area (Å²) in [5, 5.41) is 0. The molecule has 1 heteroatoms. The van der Waals surface area contributed by atoms with Crippen molar-refractivity contribution in [2.45, 2.75) is 26.2 Å². The molecule has 2 N–H and O–H groups in total. The van der Waals surface area contributed by atoms with E-state index in [-0.39, 0.29) is 0 Å². The second-order valence-corrected chi connectivity index (χ2v) is 3.03. The third-order valence-corrected chi connectivity index (χ3v) is 1.80. The molecule has 0 atom stereocenters. The SMILES string of the molecule is CCCCC#Cc1ccc(N)cc1. The van der Waals surface area contributed by atoms with Crippen LogP contribution in [0.1, 0.15) is 31.7 Å². The molecule has 0 spiro atoms. The minimum absolute atomic E-state index is 0.791. The van der Waals surface area contributed by atoms with Gasteiger partial charge >= 0.3 is 0 Å². The summed E-state index contributed by atoms with van der Waals surface area (Å²) in [4.78, 5) is 0. The van der Waals surface area contributed by atoms with Gasteiger partial charge in [-0.05, 0) is 30.7 Å². The summed E-state index contributed by atoms with van der Waals surface area (Å²) in [7, 11) is 0. The molecular formula is C12H15N. The topological polar surface area (TPSA) is 26.0 Å². The fraction of sp³-hybridized carbons (Fsp3) is 0.333. The van der Waals surface area contributed by atoms with Crippen molar-refractivity contribution < 1.29 is 0 Å². The molecule has 0 aliphatic carbocycles. The Morgan fingerprint density at radius 2 is 1.92 bits per heavy atom. The number of benzene rings is 1. The van der Waals surface area contributed by atoms with Gasteiger partial charge in [-0.2, -0.15) is 0 Å². The van der Waals surface area contributed by atoms with Gasteiger partial charge in [-0.25, -0.2) is 0 Å². The van der Waals surface area contributed by atoms with Crippen molar-refractivity contribution in [2.75, 3.05) is 5.73 Å². The third kappa shape index (κ3) is 3.66. The Balaban J connectivity index is 2.52. The first-order chi connectivity index (χ1) is 6.33. The Hall–Kier alpha value is -1.42. The monoisotopic (exact) mass is 173 g/mol. The van der Waals surface area contributed by atoms with Crippen LogP contribution < -0.4 is 5.73 Å². The Labute approximate surface area is 80.0 Å². The van der Waals surface area contributed by atoms with E-state index in [0.717, 1.165) is 17.7 Å². The smallest absolute Gasteiger partial charge is 0.0314 e. The minimum atomic E-state index is 0.791. The van der Waals surface area contributed by atoms with Gasteiger partial charge in [-0.1, -0.05) is 25.2 Å². The summed E-state index contributed by atoms with van der Waals surface area (Å²) < 4.78 is 0. The molecule has 0 heterocycles. The van der Waals surface area contributed by atoms with Gasteiger partial charge in [0.15, 0.2) is 0 Å². The number of nitrogens with two attached hydrogens (primary N) is 1. The predicted octanol–water partition coefficient (Wildman–Crippen LogP) is 2.81. The summed E-state index contributed by atoms with van der Waals surface area (Å²) in [6.07, 6.45) is 3.37. The van der Waals surface area contributed by atoms with Gasteiger partial charge in [0.1, 0.15) is 0 Å². The van der Waals surface area contributed by atoms with Crippen LogP contribution in [0.15, 0.2) is 24.3 Å². The van der Waals surface area contributed by atoms with E-state index in [2.05, 4.69) is 18.8 Å². The number of rotatable bonds is 2. The lowest BCUT2D eigenvalue weighted by Gasteiger charge is -1.91. The first-order valence-corrected chi connectivity index (χ1v) is 4.67. The van der Waals surface area contributed by atoms with Crippen LogP contribution in [0.4, 0.5) is 5.69 Å². The van der Waals surface area contributed by atoms with E-state index in [1.807, 2.05) is 24.3 Å². The quantitative estimate of drug-likeness (QED) is 0.415.